The molecule has 4 rings (SSSR count). The van der Waals surface area contributed by atoms with Crippen molar-refractivity contribution in [1.82, 2.24) is 14.7 Å². The smallest absolute Gasteiger partial charge is 0.323 e. The summed E-state index contributed by atoms with van der Waals surface area (Å²) >= 11 is 0. The molecule has 1 N–H and O–H groups in total. The molecular formula is C22H29N3O4. The van der Waals surface area contributed by atoms with Crippen LogP contribution in [0, 0.1) is 5.92 Å². The molecule has 2 saturated heterocycles. The van der Waals surface area contributed by atoms with Crippen LogP contribution in [0.4, 0.5) is 0 Å². The second-order valence-electron chi connectivity index (χ2n) is 8.72. The number of likely N-dealkylation sites (N-methyl/N-ethyl adjacent to an activating group) is 1. The van der Waals surface area contributed by atoms with Gasteiger partial charge >= 0.3 is 5.97 Å². The van der Waals surface area contributed by atoms with Gasteiger partial charge in [-0.1, -0.05) is 30.3 Å². The summed E-state index contributed by atoms with van der Waals surface area (Å²) in [4.78, 5) is 42.3. The zero-order valence-corrected chi connectivity index (χ0v) is 16.9. The first kappa shape index (κ1) is 19.9. The Bertz CT molecular complexity index is 799. The lowest BCUT2D eigenvalue weighted by Crippen LogP contribution is -2.62. The minimum absolute atomic E-state index is 0.0637. The number of carboxylic acid groups (broad SMARTS) is 1. The number of carboxylic acids is 1. The van der Waals surface area contributed by atoms with Crippen molar-refractivity contribution < 1.29 is 19.5 Å². The second kappa shape index (κ2) is 7.78. The quantitative estimate of drug-likeness (QED) is 0.828. The standard InChI is InChI=1S/C22H29N3O4/c1-23-11-12-25(21(29)18-13-17(18)16-5-3-2-4-6-16)15-22(23)8-7-19(26)24(10-9-22)14-20(27)28/h2-6,17-18H,7-15H2,1H3,(H,27,28). The molecule has 1 spiro atoms. The van der Waals surface area contributed by atoms with E-state index in [0.29, 0.717) is 44.8 Å². The number of nitrogens with zero attached hydrogens (tertiary/aromatic N) is 3. The highest BCUT2D eigenvalue weighted by Crippen LogP contribution is 2.49. The summed E-state index contributed by atoms with van der Waals surface area (Å²) in [5, 5.41) is 9.07. The molecule has 3 aliphatic rings. The second-order valence-corrected chi connectivity index (χ2v) is 8.72. The van der Waals surface area contributed by atoms with Crippen LogP contribution in [0.15, 0.2) is 30.3 Å². The van der Waals surface area contributed by atoms with Crippen molar-refractivity contribution in [3.63, 3.8) is 0 Å². The van der Waals surface area contributed by atoms with Crippen molar-refractivity contribution in [2.75, 3.05) is 39.8 Å². The van der Waals surface area contributed by atoms with E-state index < -0.39 is 5.97 Å². The molecule has 1 saturated carbocycles. The number of hydrogen-bond acceptors (Lipinski definition) is 4. The molecule has 29 heavy (non-hydrogen) atoms. The van der Waals surface area contributed by atoms with Gasteiger partial charge in [0.15, 0.2) is 0 Å². The summed E-state index contributed by atoms with van der Waals surface area (Å²) in [7, 11) is 2.06. The first-order chi connectivity index (χ1) is 13.9. The fourth-order valence-corrected chi connectivity index (χ4v) is 4.98. The maximum absolute atomic E-state index is 13.2. The molecule has 0 radical (unpaired) electrons. The van der Waals surface area contributed by atoms with E-state index >= 15 is 0 Å². The van der Waals surface area contributed by atoms with Crippen LogP contribution >= 0.6 is 0 Å². The highest BCUT2D eigenvalue weighted by molar-refractivity contribution is 5.83. The lowest BCUT2D eigenvalue weighted by Gasteiger charge is -2.49. The van der Waals surface area contributed by atoms with Gasteiger partial charge in [0.25, 0.3) is 0 Å². The van der Waals surface area contributed by atoms with Gasteiger partial charge in [-0.05, 0) is 37.8 Å². The highest BCUT2D eigenvalue weighted by Gasteiger charge is 2.49. The highest BCUT2D eigenvalue weighted by atomic mass is 16.4. The number of benzene rings is 1. The minimum atomic E-state index is -0.983. The molecule has 2 heterocycles. The van der Waals surface area contributed by atoms with Crippen LogP contribution < -0.4 is 0 Å². The van der Waals surface area contributed by atoms with Crippen molar-refractivity contribution in [2.45, 2.75) is 37.1 Å². The minimum Gasteiger partial charge on any atom is -0.480 e. The topological polar surface area (TPSA) is 81.2 Å². The number of amides is 2. The van der Waals surface area contributed by atoms with E-state index in [2.05, 4.69) is 24.1 Å². The predicted octanol–water partition coefficient (Wildman–Crippen LogP) is 1.40. The number of likely N-dealkylation sites (tertiary alicyclic amines) is 1. The maximum Gasteiger partial charge on any atom is 0.323 e. The van der Waals surface area contributed by atoms with Crippen molar-refractivity contribution in [1.29, 1.82) is 0 Å². The Labute approximate surface area is 171 Å². The number of hydrogen-bond donors (Lipinski definition) is 1. The van der Waals surface area contributed by atoms with Gasteiger partial charge in [-0.2, -0.15) is 0 Å². The van der Waals surface area contributed by atoms with E-state index in [0.717, 1.165) is 13.0 Å². The van der Waals surface area contributed by atoms with Gasteiger partial charge in [-0.3, -0.25) is 19.3 Å². The Morgan fingerprint density at radius 2 is 1.90 bits per heavy atom. The Morgan fingerprint density at radius 3 is 2.62 bits per heavy atom. The third-order valence-corrected chi connectivity index (χ3v) is 6.98. The van der Waals surface area contributed by atoms with Crippen LogP contribution in [0.1, 0.15) is 37.2 Å². The van der Waals surface area contributed by atoms with Crippen molar-refractivity contribution >= 4 is 17.8 Å². The Balaban J connectivity index is 1.44. The SMILES string of the molecule is CN1CCN(C(=O)C2CC2c2ccccc2)CC12CCC(=O)N(CC(=O)O)CC2. The summed E-state index contributed by atoms with van der Waals surface area (Å²) in [5.74, 6) is -0.476. The molecule has 0 aromatic heterocycles. The molecule has 156 valence electrons. The van der Waals surface area contributed by atoms with Crippen molar-refractivity contribution in [3.05, 3.63) is 35.9 Å². The Hall–Kier alpha value is -2.41. The van der Waals surface area contributed by atoms with Gasteiger partial charge in [0, 0.05) is 44.1 Å². The zero-order valence-electron chi connectivity index (χ0n) is 16.9. The molecule has 3 unspecified atom stereocenters. The monoisotopic (exact) mass is 399 g/mol. The Kier molecular flexibility index (Phi) is 5.34. The Morgan fingerprint density at radius 1 is 1.14 bits per heavy atom. The zero-order chi connectivity index (χ0) is 20.6. The maximum atomic E-state index is 13.2. The molecule has 1 aliphatic carbocycles. The molecule has 3 fully saturated rings. The van der Waals surface area contributed by atoms with E-state index in [4.69, 9.17) is 5.11 Å². The first-order valence-electron chi connectivity index (χ1n) is 10.4. The van der Waals surface area contributed by atoms with E-state index in [1.54, 1.807) is 0 Å². The average molecular weight is 399 g/mol. The molecule has 0 bridgehead atoms. The third kappa shape index (κ3) is 4.01. The fraction of sp³-hybridized carbons (Fsp3) is 0.591. The number of aliphatic carboxylic acids is 1. The van der Waals surface area contributed by atoms with E-state index in [9.17, 15) is 14.4 Å². The van der Waals surface area contributed by atoms with Crippen LogP contribution in [0.2, 0.25) is 0 Å². The van der Waals surface area contributed by atoms with Crippen molar-refractivity contribution in [2.24, 2.45) is 5.92 Å². The van der Waals surface area contributed by atoms with Gasteiger partial charge < -0.3 is 14.9 Å². The molecule has 2 amide bonds. The number of piperazine rings is 1. The van der Waals surface area contributed by atoms with E-state index in [1.807, 2.05) is 23.1 Å². The fourth-order valence-electron chi connectivity index (χ4n) is 4.98. The number of rotatable bonds is 4. The predicted molar refractivity (Wildman–Crippen MR) is 107 cm³/mol. The van der Waals surface area contributed by atoms with Gasteiger partial charge in [0.1, 0.15) is 6.54 Å². The summed E-state index contributed by atoms with van der Waals surface area (Å²) in [6, 6.07) is 10.2. The van der Waals surface area contributed by atoms with E-state index in [1.165, 1.54) is 10.5 Å². The molecule has 7 heteroatoms. The molecule has 2 aliphatic heterocycles. The number of carbonyl (C=O) groups is 3. The van der Waals surface area contributed by atoms with Crippen LogP contribution in [-0.4, -0.2) is 82.9 Å². The summed E-state index contributed by atoms with van der Waals surface area (Å²) in [6.07, 6.45) is 2.59. The molecule has 3 atom stereocenters. The number of carbonyl (C=O) groups excluding carboxylic acids is 2. The molecule has 7 nitrogen and oxygen atoms in total. The molecule has 1 aromatic rings. The van der Waals surface area contributed by atoms with Crippen LogP contribution in [0.25, 0.3) is 0 Å². The summed E-state index contributed by atoms with van der Waals surface area (Å²) < 4.78 is 0. The van der Waals surface area contributed by atoms with Gasteiger partial charge in [-0.25, -0.2) is 0 Å². The van der Waals surface area contributed by atoms with Gasteiger partial charge in [0.2, 0.25) is 11.8 Å². The van der Waals surface area contributed by atoms with Crippen LogP contribution in [0.5, 0.6) is 0 Å². The lowest BCUT2D eigenvalue weighted by molar-refractivity contribution is -0.144. The van der Waals surface area contributed by atoms with Gasteiger partial charge in [-0.15, -0.1) is 0 Å². The third-order valence-electron chi connectivity index (χ3n) is 6.98. The van der Waals surface area contributed by atoms with Gasteiger partial charge in [0.05, 0.1) is 0 Å². The summed E-state index contributed by atoms with van der Waals surface area (Å²) in [6.45, 7) is 2.29. The van der Waals surface area contributed by atoms with Crippen LogP contribution in [0.3, 0.4) is 0 Å². The molecule has 1 aromatic carbocycles. The lowest BCUT2D eigenvalue weighted by atomic mass is 9.86. The molecular weight excluding hydrogens is 370 g/mol. The average Bonchev–Trinajstić information content (AvgIpc) is 3.52. The summed E-state index contributed by atoms with van der Waals surface area (Å²) in [5.41, 5.74) is 0.979. The van der Waals surface area contributed by atoms with E-state index in [-0.39, 0.29) is 29.8 Å². The van der Waals surface area contributed by atoms with Crippen molar-refractivity contribution in [3.8, 4) is 0 Å². The first-order valence-corrected chi connectivity index (χ1v) is 10.4. The normalized spacial score (nSPS) is 30.3. The van der Waals surface area contributed by atoms with Crippen LogP contribution in [-0.2, 0) is 14.4 Å². The largest absolute Gasteiger partial charge is 0.480 e.